The highest BCUT2D eigenvalue weighted by atomic mass is 32.2. The topological polar surface area (TPSA) is 75.7 Å². The lowest BCUT2D eigenvalue weighted by Gasteiger charge is -2.31. The molecule has 2 aromatic carbocycles. The lowest BCUT2D eigenvalue weighted by Crippen LogP contribution is -2.38. The molecule has 4 rings (SSSR count). The van der Waals surface area contributed by atoms with Gasteiger partial charge in [0.2, 0.25) is 15.9 Å². The van der Waals surface area contributed by atoms with E-state index in [1.807, 2.05) is 18.2 Å². The molecular formula is C25H32N2O4S. The fourth-order valence-corrected chi connectivity index (χ4v) is 6.02. The number of amides is 1. The minimum Gasteiger partial charge on any atom is -0.378 e. The fourth-order valence-electron chi connectivity index (χ4n) is 4.55. The Labute approximate surface area is 191 Å². The molecule has 0 aliphatic carbocycles. The number of nitrogens with one attached hydrogen (secondary N) is 1. The first-order valence-corrected chi connectivity index (χ1v) is 13.0. The van der Waals surface area contributed by atoms with Crippen LogP contribution in [0.3, 0.4) is 0 Å². The number of hydrogen-bond acceptors (Lipinski definition) is 4. The molecule has 1 unspecified atom stereocenters. The van der Waals surface area contributed by atoms with Crippen LogP contribution in [0.4, 0.5) is 5.69 Å². The second kappa shape index (κ2) is 10.6. The summed E-state index contributed by atoms with van der Waals surface area (Å²) in [6, 6.07) is 16.9. The third-order valence-electron chi connectivity index (χ3n) is 6.43. The smallest absolute Gasteiger partial charge is 0.243 e. The lowest BCUT2D eigenvalue weighted by molar-refractivity contribution is -0.116. The molecule has 2 saturated heterocycles. The van der Waals surface area contributed by atoms with Crippen LogP contribution in [0.5, 0.6) is 0 Å². The number of rotatable bonds is 8. The van der Waals surface area contributed by atoms with Crippen LogP contribution in [-0.2, 0) is 26.0 Å². The Kier molecular flexibility index (Phi) is 7.60. The Morgan fingerprint density at radius 3 is 2.38 bits per heavy atom. The number of nitrogens with zero attached hydrogens (tertiary/aromatic N) is 1. The molecule has 7 heteroatoms. The Balaban J connectivity index is 1.27. The number of carbonyl (C=O) groups excluding carboxylic acids is 1. The lowest BCUT2D eigenvalue weighted by atomic mass is 9.91. The van der Waals surface area contributed by atoms with E-state index in [4.69, 9.17) is 4.74 Å². The molecule has 0 radical (unpaired) electrons. The Hall–Kier alpha value is -2.22. The van der Waals surface area contributed by atoms with E-state index in [2.05, 4.69) is 17.4 Å². The quantitative estimate of drug-likeness (QED) is 0.645. The van der Waals surface area contributed by atoms with Crippen LogP contribution < -0.4 is 5.32 Å². The van der Waals surface area contributed by atoms with Gasteiger partial charge >= 0.3 is 0 Å². The van der Waals surface area contributed by atoms with E-state index in [1.54, 1.807) is 28.6 Å². The molecule has 1 N–H and O–H groups in total. The van der Waals surface area contributed by atoms with Gasteiger partial charge < -0.3 is 10.1 Å². The van der Waals surface area contributed by atoms with Crippen molar-refractivity contribution in [3.05, 3.63) is 60.2 Å². The predicted molar refractivity (Wildman–Crippen MR) is 125 cm³/mol. The first-order valence-electron chi connectivity index (χ1n) is 11.6. The summed E-state index contributed by atoms with van der Waals surface area (Å²) in [6.45, 7) is 1.87. The molecule has 2 aliphatic heterocycles. The van der Waals surface area contributed by atoms with Crippen LogP contribution >= 0.6 is 0 Å². The molecule has 6 nitrogen and oxygen atoms in total. The summed E-state index contributed by atoms with van der Waals surface area (Å²) < 4.78 is 33.3. The van der Waals surface area contributed by atoms with Crippen molar-refractivity contribution in [3.8, 4) is 0 Å². The molecule has 2 fully saturated rings. The second-order valence-corrected chi connectivity index (χ2v) is 10.7. The van der Waals surface area contributed by atoms with Gasteiger partial charge in [-0.2, -0.15) is 4.31 Å². The molecule has 1 amide bonds. The highest BCUT2D eigenvalue weighted by molar-refractivity contribution is 7.89. The summed E-state index contributed by atoms with van der Waals surface area (Å²) in [7, 11) is -3.52. The number of anilines is 1. The van der Waals surface area contributed by atoms with Gasteiger partial charge in [0.25, 0.3) is 0 Å². The van der Waals surface area contributed by atoms with Gasteiger partial charge in [-0.3, -0.25) is 4.79 Å². The number of benzene rings is 2. The normalized spacial score (nSPS) is 20.3. The first-order chi connectivity index (χ1) is 15.5. The molecule has 2 aromatic rings. The number of ether oxygens (including phenoxy) is 1. The van der Waals surface area contributed by atoms with E-state index in [0.717, 1.165) is 45.1 Å². The highest BCUT2D eigenvalue weighted by Gasteiger charge is 2.29. The summed E-state index contributed by atoms with van der Waals surface area (Å²) in [5.41, 5.74) is 1.92. The van der Waals surface area contributed by atoms with E-state index in [1.165, 1.54) is 5.56 Å². The Morgan fingerprint density at radius 2 is 1.72 bits per heavy atom. The van der Waals surface area contributed by atoms with Crippen molar-refractivity contribution < 1.29 is 17.9 Å². The van der Waals surface area contributed by atoms with E-state index < -0.39 is 10.0 Å². The van der Waals surface area contributed by atoms with Crippen molar-refractivity contribution >= 4 is 21.6 Å². The fraction of sp³-hybridized carbons (Fsp3) is 0.480. The van der Waals surface area contributed by atoms with Crippen molar-refractivity contribution in [2.45, 2.75) is 55.9 Å². The third kappa shape index (κ3) is 5.97. The van der Waals surface area contributed by atoms with Gasteiger partial charge in [0.05, 0.1) is 11.0 Å². The average molecular weight is 457 g/mol. The molecule has 0 saturated carbocycles. The predicted octanol–water partition coefficient (Wildman–Crippen LogP) is 4.23. The molecule has 0 spiro atoms. The van der Waals surface area contributed by atoms with E-state index in [0.29, 0.717) is 31.1 Å². The number of hydrogen-bond donors (Lipinski definition) is 1. The summed E-state index contributed by atoms with van der Waals surface area (Å²) in [4.78, 5) is 12.4. The first kappa shape index (κ1) is 23.0. The largest absolute Gasteiger partial charge is 0.378 e. The van der Waals surface area contributed by atoms with Gasteiger partial charge in [-0.15, -0.1) is 0 Å². The van der Waals surface area contributed by atoms with Gasteiger partial charge in [0, 0.05) is 31.8 Å². The maximum absolute atomic E-state index is 13.1. The summed E-state index contributed by atoms with van der Waals surface area (Å²) >= 11 is 0. The molecule has 1 atom stereocenters. The SMILES string of the molecule is O=C(CCC1CCCO1)Nc1ccc(S(=O)(=O)N2CCC(Cc3ccccc3)CC2)cc1. The summed E-state index contributed by atoms with van der Waals surface area (Å²) in [5, 5.41) is 2.85. The van der Waals surface area contributed by atoms with Gasteiger partial charge in [-0.05, 0) is 74.3 Å². The monoisotopic (exact) mass is 456 g/mol. The molecule has 32 heavy (non-hydrogen) atoms. The van der Waals surface area contributed by atoms with Gasteiger partial charge in [0.1, 0.15) is 0 Å². The molecule has 0 bridgehead atoms. The molecular weight excluding hydrogens is 424 g/mol. The van der Waals surface area contributed by atoms with Crippen molar-refractivity contribution in [3.63, 3.8) is 0 Å². The third-order valence-corrected chi connectivity index (χ3v) is 8.35. The molecule has 0 aromatic heterocycles. The maximum atomic E-state index is 13.1. The Morgan fingerprint density at radius 1 is 1.00 bits per heavy atom. The zero-order chi connectivity index (χ0) is 22.4. The van der Waals surface area contributed by atoms with Crippen molar-refractivity contribution in [1.29, 1.82) is 0 Å². The van der Waals surface area contributed by atoms with E-state index >= 15 is 0 Å². The van der Waals surface area contributed by atoms with Crippen LogP contribution in [0, 0.1) is 5.92 Å². The van der Waals surface area contributed by atoms with E-state index in [-0.39, 0.29) is 16.9 Å². The zero-order valence-corrected chi connectivity index (χ0v) is 19.2. The standard InChI is InChI=1S/C25H32N2O4S/c28-25(13-10-23-7-4-18-31-23)26-22-8-11-24(12-9-22)32(29,30)27-16-14-21(15-17-27)19-20-5-2-1-3-6-20/h1-3,5-6,8-9,11-12,21,23H,4,7,10,13-19H2,(H,26,28). The summed E-state index contributed by atoms with van der Waals surface area (Å²) in [6.07, 6.45) is 6.12. The van der Waals surface area contributed by atoms with Crippen molar-refractivity contribution in [2.75, 3.05) is 25.0 Å². The summed E-state index contributed by atoms with van der Waals surface area (Å²) in [5.74, 6) is 0.438. The van der Waals surface area contributed by atoms with Crippen LogP contribution in [0.15, 0.2) is 59.5 Å². The van der Waals surface area contributed by atoms with Crippen LogP contribution in [0.1, 0.15) is 44.1 Å². The average Bonchev–Trinajstić information content (AvgIpc) is 3.33. The van der Waals surface area contributed by atoms with E-state index in [9.17, 15) is 13.2 Å². The van der Waals surface area contributed by atoms with Crippen LogP contribution in [0.25, 0.3) is 0 Å². The van der Waals surface area contributed by atoms with Crippen LogP contribution in [0.2, 0.25) is 0 Å². The van der Waals surface area contributed by atoms with Gasteiger partial charge in [-0.25, -0.2) is 8.42 Å². The molecule has 2 aliphatic rings. The number of carbonyl (C=O) groups is 1. The number of sulfonamides is 1. The van der Waals surface area contributed by atoms with Crippen molar-refractivity contribution in [1.82, 2.24) is 4.31 Å². The number of piperidine rings is 1. The highest BCUT2D eigenvalue weighted by Crippen LogP contribution is 2.27. The minimum absolute atomic E-state index is 0.0726. The second-order valence-electron chi connectivity index (χ2n) is 8.78. The maximum Gasteiger partial charge on any atom is 0.243 e. The minimum atomic E-state index is -3.52. The molecule has 2 heterocycles. The zero-order valence-electron chi connectivity index (χ0n) is 18.4. The van der Waals surface area contributed by atoms with Crippen molar-refractivity contribution in [2.24, 2.45) is 5.92 Å². The van der Waals surface area contributed by atoms with Crippen LogP contribution in [-0.4, -0.2) is 44.4 Å². The molecule has 172 valence electrons. The van der Waals surface area contributed by atoms with Gasteiger partial charge in [-0.1, -0.05) is 30.3 Å². The van der Waals surface area contributed by atoms with Gasteiger partial charge in [0.15, 0.2) is 0 Å². The Bertz CT molecular complexity index is 978.